The van der Waals surface area contributed by atoms with Gasteiger partial charge in [0.05, 0.1) is 25.0 Å². The first-order chi connectivity index (χ1) is 7.66. The lowest BCUT2D eigenvalue weighted by atomic mass is 10.2. The normalized spacial score (nSPS) is 26.4. The summed E-state index contributed by atoms with van der Waals surface area (Å²) in [6.07, 6.45) is 1.32. The van der Waals surface area contributed by atoms with E-state index < -0.39 is 17.8 Å². The van der Waals surface area contributed by atoms with E-state index in [2.05, 4.69) is 6.58 Å². The molecule has 0 aromatic heterocycles. The number of hydrogen-bond donors (Lipinski definition) is 0. The quantitative estimate of drug-likeness (QED) is 0.697. The molecule has 1 saturated carbocycles. The minimum Gasteiger partial charge on any atom is -0.376 e. The molecule has 2 atom stereocenters. The fraction of sp³-hybridized carbons (Fsp3) is 0.385. The van der Waals surface area contributed by atoms with Crippen LogP contribution in [0.5, 0.6) is 0 Å². The van der Waals surface area contributed by atoms with E-state index in [0.29, 0.717) is 6.61 Å². The van der Waals surface area contributed by atoms with Crippen LogP contribution in [0.15, 0.2) is 43.0 Å². The lowest BCUT2D eigenvalue weighted by Crippen LogP contribution is -2.03. The van der Waals surface area contributed by atoms with Crippen LogP contribution in [0, 0.1) is 11.8 Å². The van der Waals surface area contributed by atoms with Crippen LogP contribution >= 0.6 is 0 Å². The third kappa shape index (κ3) is 2.14. The monoisotopic (exact) mass is 224 g/mol. The fourth-order valence-electron chi connectivity index (χ4n) is 1.83. The van der Waals surface area contributed by atoms with Crippen molar-refractivity contribution in [1.29, 1.82) is 0 Å². The number of alkyl halides is 2. The molecule has 1 fully saturated rings. The van der Waals surface area contributed by atoms with Gasteiger partial charge in [0.1, 0.15) is 0 Å². The highest BCUT2D eigenvalue weighted by atomic mass is 19.3. The number of benzene rings is 1. The van der Waals surface area contributed by atoms with E-state index in [4.69, 9.17) is 4.74 Å². The molecule has 2 rings (SSSR count). The highest BCUT2D eigenvalue weighted by Crippen LogP contribution is 2.55. The fourth-order valence-corrected chi connectivity index (χ4v) is 1.83. The Morgan fingerprint density at radius 2 is 2.00 bits per heavy atom. The highest BCUT2D eigenvalue weighted by Gasteiger charge is 2.66. The number of ether oxygens (including phenoxy) is 1. The van der Waals surface area contributed by atoms with Crippen molar-refractivity contribution < 1.29 is 13.5 Å². The second kappa shape index (κ2) is 4.34. The zero-order valence-corrected chi connectivity index (χ0v) is 8.90. The third-order valence-corrected chi connectivity index (χ3v) is 2.93. The average Bonchev–Trinajstić information content (AvgIpc) is 2.81. The maximum Gasteiger partial charge on any atom is 0.260 e. The van der Waals surface area contributed by atoms with Crippen LogP contribution in [0.2, 0.25) is 0 Å². The van der Waals surface area contributed by atoms with Crippen molar-refractivity contribution in [3.05, 3.63) is 48.6 Å². The van der Waals surface area contributed by atoms with Gasteiger partial charge in [-0.2, -0.15) is 0 Å². The van der Waals surface area contributed by atoms with Gasteiger partial charge in [0.25, 0.3) is 5.92 Å². The minimum atomic E-state index is -2.61. The van der Waals surface area contributed by atoms with Crippen molar-refractivity contribution in [1.82, 2.24) is 0 Å². The number of allylic oxidation sites excluding steroid dienone is 1. The first kappa shape index (κ1) is 11.3. The molecule has 86 valence electrons. The Morgan fingerprint density at radius 3 is 2.56 bits per heavy atom. The standard InChI is InChI=1S/C13H14F2O/c1-2-11-12(13(11,14)15)9-16-8-10-6-4-3-5-7-10/h2-7,11-12H,1,8-9H2/t11-,12-/m1/s1. The second-order valence-electron chi connectivity index (χ2n) is 4.04. The largest absolute Gasteiger partial charge is 0.376 e. The summed E-state index contributed by atoms with van der Waals surface area (Å²) in [5, 5.41) is 0. The summed E-state index contributed by atoms with van der Waals surface area (Å²) in [4.78, 5) is 0. The molecule has 0 N–H and O–H groups in total. The van der Waals surface area contributed by atoms with Gasteiger partial charge in [-0.25, -0.2) is 8.78 Å². The molecule has 0 bridgehead atoms. The van der Waals surface area contributed by atoms with Gasteiger partial charge in [0.2, 0.25) is 0 Å². The van der Waals surface area contributed by atoms with Crippen LogP contribution in [-0.4, -0.2) is 12.5 Å². The van der Waals surface area contributed by atoms with Crippen LogP contribution in [-0.2, 0) is 11.3 Å². The Balaban J connectivity index is 1.76. The summed E-state index contributed by atoms with van der Waals surface area (Å²) in [5.74, 6) is -4.00. The van der Waals surface area contributed by atoms with Gasteiger partial charge < -0.3 is 4.74 Å². The zero-order valence-electron chi connectivity index (χ0n) is 8.90. The maximum atomic E-state index is 13.0. The molecule has 0 heterocycles. The van der Waals surface area contributed by atoms with Crippen molar-refractivity contribution in [3.8, 4) is 0 Å². The van der Waals surface area contributed by atoms with Gasteiger partial charge in [-0.05, 0) is 5.56 Å². The molecule has 0 unspecified atom stereocenters. The minimum absolute atomic E-state index is 0.0958. The van der Waals surface area contributed by atoms with Crippen LogP contribution in [0.1, 0.15) is 5.56 Å². The lowest BCUT2D eigenvalue weighted by Gasteiger charge is -2.02. The zero-order chi connectivity index (χ0) is 11.6. The molecule has 1 aliphatic carbocycles. The molecule has 0 amide bonds. The SMILES string of the molecule is C=C[C@@H]1[C@@H](COCc2ccccc2)C1(F)F. The first-order valence-electron chi connectivity index (χ1n) is 5.28. The summed E-state index contributed by atoms with van der Waals surface area (Å²) in [6, 6.07) is 9.53. The molecule has 1 nitrogen and oxygen atoms in total. The van der Waals surface area contributed by atoms with Crippen LogP contribution in [0.3, 0.4) is 0 Å². The van der Waals surface area contributed by atoms with Crippen LogP contribution < -0.4 is 0 Å². The molecule has 1 aliphatic rings. The molecule has 16 heavy (non-hydrogen) atoms. The molecule has 0 saturated heterocycles. The first-order valence-corrected chi connectivity index (χ1v) is 5.28. The predicted molar refractivity (Wildman–Crippen MR) is 58.2 cm³/mol. The van der Waals surface area contributed by atoms with Crippen molar-refractivity contribution in [3.63, 3.8) is 0 Å². The number of halogens is 2. The van der Waals surface area contributed by atoms with Crippen molar-refractivity contribution in [2.24, 2.45) is 11.8 Å². The van der Waals surface area contributed by atoms with Gasteiger partial charge in [0.15, 0.2) is 0 Å². The Morgan fingerprint density at radius 1 is 1.31 bits per heavy atom. The van der Waals surface area contributed by atoms with Crippen LogP contribution in [0.25, 0.3) is 0 Å². The molecular formula is C13H14F2O. The van der Waals surface area contributed by atoms with E-state index >= 15 is 0 Å². The highest BCUT2D eigenvalue weighted by molar-refractivity contribution is 5.15. The molecule has 1 aromatic rings. The Hall–Kier alpha value is -1.22. The van der Waals surface area contributed by atoms with Crippen LogP contribution in [0.4, 0.5) is 8.78 Å². The van der Waals surface area contributed by atoms with E-state index in [-0.39, 0.29) is 6.61 Å². The smallest absolute Gasteiger partial charge is 0.260 e. The van der Waals surface area contributed by atoms with E-state index in [9.17, 15) is 8.78 Å². The molecule has 0 spiro atoms. The van der Waals surface area contributed by atoms with Gasteiger partial charge in [0, 0.05) is 0 Å². The summed E-state index contributed by atoms with van der Waals surface area (Å²) in [6.45, 7) is 3.88. The summed E-state index contributed by atoms with van der Waals surface area (Å²) in [5.41, 5.74) is 1.00. The maximum absolute atomic E-state index is 13.0. The molecule has 0 radical (unpaired) electrons. The third-order valence-electron chi connectivity index (χ3n) is 2.93. The topological polar surface area (TPSA) is 9.23 Å². The van der Waals surface area contributed by atoms with E-state index in [1.165, 1.54) is 6.08 Å². The van der Waals surface area contributed by atoms with Crippen molar-refractivity contribution >= 4 is 0 Å². The molecule has 3 heteroatoms. The summed E-state index contributed by atoms with van der Waals surface area (Å²) in [7, 11) is 0. The van der Waals surface area contributed by atoms with Gasteiger partial charge in [-0.1, -0.05) is 36.4 Å². The molecular weight excluding hydrogens is 210 g/mol. The van der Waals surface area contributed by atoms with Crippen molar-refractivity contribution in [2.45, 2.75) is 12.5 Å². The second-order valence-corrected chi connectivity index (χ2v) is 4.04. The number of rotatable bonds is 5. The van der Waals surface area contributed by atoms with Crippen molar-refractivity contribution in [2.75, 3.05) is 6.61 Å². The Kier molecular flexibility index (Phi) is 3.06. The number of hydrogen-bond acceptors (Lipinski definition) is 1. The van der Waals surface area contributed by atoms with Gasteiger partial charge in [-0.15, -0.1) is 6.58 Å². The average molecular weight is 224 g/mol. The van der Waals surface area contributed by atoms with E-state index in [0.717, 1.165) is 5.56 Å². The summed E-state index contributed by atoms with van der Waals surface area (Å²) >= 11 is 0. The van der Waals surface area contributed by atoms with Gasteiger partial charge in [-0.3, -0.25) is 0 Å². The Bertz CT molecular complexity index is 361. The summed E-state index contributed by atoms with van der Waals surface area (Å²) < 4.78 is 31.4. The van der Waals surface area contributed by atoms with E-state index in [1.807, 2.05) is 30.3 Å². The Labute approximate surface area is 93.7 Å². The van der Waals surface area contributed by atoms with Gasteiger partial charge >= 0.3 is 0 Å². The van der Waals surface area contributed by atoms with E-state index in [1.54, 1.807) is 0 Å². The molecule has 0 aliphatic heterocycles. The predicted octanol–water partition coefficient (Wildman–Crippen LogP) is 3.27. The molecule has 1 aromatic carbocycles. The lowest BCUT2D eigenvalue weighted by molar-refractivity contribution is 0.0473.